The number of hydrogen-bond donors (Lipinski definition) is 0. The van der Waals surface area contributed by atoms with E-state index in [0.717, 1.165) is 24.8 Å². The third-order valence-corrected chi connectivity index (χ3v) is 8.22. The second kappa shape index (κ2) is 4.53. The number of carbonyl (C=O) groups is 2. The molecule has 1 aromatic rings. The Kier molecular flexibility index (Phi) is 2.66. The largest absolute Gasteiger partial charge is 0.472 e. The Bertz CT molecular complexity index is 801. The van der Waals surface area contributed by atoms with Crippen molar-refractivity contribution in [1.29, 1.82) is 0 Å². The number of ether oxygens (including phenoxy) is 3. The lowest BCUT2D eigenvalue weighted by Crippen LogP contribution is -2.79. The van der Waals surface area contributed by atoms with Crippen LogP contribution in [0, 0.1) is 22.7 Å². The normalized spacial score (nSPS) is 51.4. The fourth-order valence-electron chi connectivity index (χ4n) is 7.07. The standard InChI is InChI=1S/C20H22O6/c1-11-7-15-19-10-24-17(22)20(19,26-15)5-2-3-14(19)18(11)8-13(25-16(18)21)12-4-6-23-9-12/h4,6,9,11,13-15H,2-3,5,7-8,10H2,1H3/t11-,13+,14-,15-,18-,19+,20-/m1/s1. The van der Waals surface area contributed by atoms with Crippen molar-refractivity contribution in [3.8, 4) is 0 Å². The van der Waals surface area contributed by atoms with Crippen molar-refractivity contribution < 1.29 is 28.2 Å². The van der Waals surface area contributed by atoms with Crippen molar-refractivity contribution >= 4 is 11.9 Å². The summed E-state index contributed by atoms with van der Waals surface area (Å²) in [7, 11) is 0. The Labute approximate surface area is 151 Å². The molecule has 5 fully saturated rings. The number of furan rings is 1. The highest BCUT2D eigenvalue weighted by atomic mass is 16.6. The predicted molar refractivity (Wildman–Crippen MR) is 86.7 cm³/mol. The minimum Gasteiger partial charge on any atom is -0.472 e. The fraction of sp³-hybridized carbons (Fsp3) is 0.700. The van der Waals surface area contributed by atoms with Crippen molar-refractivity contribution in [3.05, 3.63) is 24.2 Å². The molecule has 0 bridgehead atoms. The van der Waals surface area contributed by atoms with Crippen LogP contribution in [0.15, 0.2) is 23.0 Å². The Balaban J connectivity index is 1.47. The Hall–Kier alpha value is -1.82. The summed E-state index contributed by atoms with van der Waals surface area (Å²) < 4.78 is 22.8. The molecule has 2 aliphatic carbocycles. The summed E-state index contributed by atoms with van der Waals surface area (Å²) in [6.07, 6.45) is 6.96. The van der Waals surface area contributed by atoms with Crippen LogP contribution in [0.3, 0.4) is 0 Å². The number of hydrogen-bond acceptors (Lipinski definition) is 6. The molecule has 6 rings (SSSR count). The number of carbonyl (C=O) groups excluding carboxylic acids is 2. The average molecular weight is 358 g/mol. The van der Waals surface area contributed by atoms with Crippen LogP contribution in [0.5, 0.6) is 0 Å². The maximum Gasteiger partial charge on any atom is 0.339 e. The van der Waals surface area contributed by atoms with Crippen LogP contribution in [0.1, 0.15) is 50.7 Å². The van der Waals surface area contributed by atoms with Crippen LogP contribution in [-0.4, -0.2) is 30.3 Å². The minimum absolute atomic E-state index is 0.0145. The molecule has 2 saturated carbocycles. The van der Waals surface area contributed by atoms with Crippen molar-refractivity contribution in [2.75, 3.05) is 6.61 Å². The highest BCUT2D eigenvalue weighted by molar-refractivity contribution is 5.87. The molecule has 2 spiro atoms. The summed E-state index contributed by atoms with van der Waals surface area (Å²) in [6.45, 7) is 2.53. The van der Waals surface area contributed by atoms with Gasteiger partial charge < -0.3 is 18.6 Å². The highest BCUT2D eigenvalue weighted by Gasteiger charge is 2.85. The van der Waals surface area contributed by atoms with Gasteiger partial charge in [0.05, 0.1) is 29.5 Å². The SMILES string of the molecule is C[C@@H]1C[C@H]2O[C@@]34CCC[C@H]([C@@]15C[C@@H](c1ccoc1)OC5=O)[C@@]23COC4=O. The van der Waals surface area contributed by atoms with Gasteiger partial charge in [-0.15, -0.1) is 0 Å². The summed E-state index contributed by atoms with van der Waals surface area (Å²) in [6, 6.07) is 1.87. The van der Waals surface area contributed by atoms with E-state index in [9.17, 15) is 9.59 Å². The number of cyclic esters (lactones) is 2. The first-order valence-corrected chi connectivity index (χ1v) is 9.63. The molecule has 0 unspecified atom stereocenters. The van der Waals surface area contributed by atoms with Gasteiger partial charge in [0.25, 0.3) is 0 Å². The first-order chi connectivity index (χ1) is 12.5. The van der Waals surface area contributed by atoms with Gasteiger partial charge in [0.1, 0.15) is 12.7 Å². The predicted octanol–water partition coefficient (Wildman–Crippen LogP) is 2.77. The second-order valence-corrected chi connectivity index (χ2v) is 8.83. The van der Waals surface area contributed by atoms with E-state index >= 15 is 0 Å². The molecule has 6 nitrogen and oxygen atoms in total. The van der Waals surface area contributed by atoms with Gasteiger partial charge in [-0.2, -0.15) is 0 Å². The van der Waals surface area contributed by atoms with Crippen molar-refractivity contribution in [1.82, 2.24) is 0 Å². The van der Waals surface area contributed by atoms with Crippen LogP contribution in [0.2, 0.25) is 0 Å². The lowest BCUT2D eigenvalue weighted by Gasteiger charge is -2.69. The first kappa shape index (κ1) is 15.3. The van der Waals surface area contributed by atoms with Gasteiger partial charge in [0.2, 0.25) is 0 Å². The summed E-state index contributed by atoms with van der Waals surface area (Å²) >= 11 is 0. The van der Waals surface area contributed by atoms with Crippen molar-refractivity contribution in [2.24, 2.45) is 22.7 Å². The van der Waals surface area contributed by atoms with E-state index < -0.39 is 11.0 Å². The molecule has 7 atom stereocenters. The van der Waals surface area contributed by atoms with Crippen LogP contribution in [0.4, 0.5) is 0 Å². The molecule has 138 valence electrons. The van der Waals surface area contributed by atoms with Crippen LogP contribution >= 0.6 is 0 Å². The number of esters is 2. The van der Waals surface area contributed by atoms with Crippen LogP contribution < -0.4 is 0 Å². The van der Waals surface area contributed by atoms with Gasteiger partial charge in [0.15, 0.2) is 5.60 Å². The first-order valence-electron chi connectivity index (χ1n) is 9.63. The van der Waals surface area contributed by atoms with E-state index in [0.29, 0.717) is 19.4 Å². The summed E-state index contributed by atoms with van der Waals surface area (Å²) in [5.41, 5.74) is -0.823. The molecular weight excluding hydrogens is 336 g/mol. The third-order valence-electron chi connectivity index (χ3n) is 8.22. The quantitative estimate of drug-likeness (QED) is 0.719. The molecule has 1 aromatic heterocycles. The maximum atomic E-state index is 13.3. The fourth-order valence-corrected chi connectivity index (χ4v) is 7.07. The maximum absolute atomic E-state index is 13.3. The molecular formula is C20H22O6. The molecule has 0 radical (unpaired) electrons. The van der Waals surface area contributed by atoms with Gasteiger partial charge in [-0.05, 0) is 43.6 Å². The lowest BCUT2D eigenvalue weighted by atomic mass is 9.39. The minimum atomic E-state index is -0.818. The average Bonchev–Trinajstić information content (AvgIpc) is 3.29. The molecule has 6 heteroatoms. The zero-order valence-corrected chi connectivity index (χ0v) is 14.7. The van der Waals surface area contributed by atoms with E-state index in [1.54, 1.807) is 12.5 Å². The van der Waals surface area contributed by atoms with E-state index in [1.165, 1.54) is 0 Å². The Morgan fingerprint density at radius 1 is 1.23 bits per heavy atom. The zero-order chi connectivity index (χ0) is 17.7. The summed E-state index contributed by atoms with van der Waals surface area (Å²) in [5, 5.41) is 0. The monoisotopic (exact) mass is 358 g/mol. The van der Waals surface area contributed by atoms with E-state index in [1.807, 2.05) is 6.07 Å². The van der Waals surface area contributed by atoms with Crippen molar-refractivity contribution in [3.63, 3.8) is 0 Å². The summed E-state index contributed by atoms with van der Waals surface area (Å²) in [5.74, 6) is -0.113. The van der Waals surface area contributed by atoms with Crippen molar-refractivity contribution in [2.45, 2.75) is 56.8 Å². The molecule has 5 aliphatic rings. The zero-order valence-electron chi connectivity index (χ0n) is 14.7. The molecule has 0 aromatic carbocycles. The molecule has 0 amide bonds. The topological polar surface area (TPSA) is 75.0 Å². The third kappa shape index (κ3) is 1.37. The van der Waals surface area contributed by atoms with Crippen LogP contribution in [-0.2, 0) is 23.8 Å². The smallest absolute Gasteiger partial charge is 0.339 e. The Morgan fingerprint density at radius 2 is 2.12 bits per heavy atom. The van der Waals surface area contributed by atoms with E-state index in [2.05, 4.69) is 6.92 Å². The van der Waals surface area contributed by atoms with E-state index in [-0.39, 0.29) is 41.4 Å². The molecule has 0 N–H and O–H groups in total. The van der Waals surface area contributed by atoms with Gasteiger partial charge in [-0.3, -0.25) is 4.79 Å². The molecule has 26 heavy (non-hydrogen) atoms. The summed E-state index contributed by atoms with van der Waals surface area (Å²) in [4.78, 5) is 25.8. The van der Waals surface area contributed by atoms with Gasteiger partial charge in [-0.25, -0.2) is 4.79 Å². The second-order valence-electron chi connectivity index (χ2n) is 8.83. The van der Waals surface area contributed by atoms with Gasteiger partial charge in [-0.1, -0.05) is 6.92 Å². The Morgan fingerprint density at radius 3 is 2.92 bits per heavy atom. The van der Waals surface area contributed by atoms with Gasteiger partial charge in [0, 0.05) is 12.0 Å². The van der Waals surface area contributed by atoms with E-state index in [4.69, 9.17) is 18.6 Å². The number of fused-ring (bicyclic) bond motifs is 1. The van der Waals surface area contributed by atoms with Gasteiger partial charge >= 0.3 is 11.9 Å². The number of rotatable bonds is 1. The highest BCUT2D eigenvalue weighted by Crippen LogP contribution is 2.75. The molecule has 4 heterocycles. The van der Waals surface area contributed by atoms with Crippen LogP contribution in [0.25, 0.3) is 0 Å². The molecule has 3 aliphatic heterocycles. The molecule has 3 saturated heterocycles. The lowest BCUT2D eigenvalue weighted by molar-refractivity contribution is -0.356.